The van der Waals surface area contributed by atoms with Crippen LogP contribution in [-0.2, 0) is 15.1 Å². The van der Waals surface area contributed by atoms with E-state index in [1.54, 1.807) is 55.5 Å². The molecule has 0 spiro atoms. The molecule has 4 amide bonds. The molecule has 9 nitrogen and oxygen atoms in total. The maximum atomic E-state index is 12.8. The van der Waals surface area contributed by atoms with Gasteiger partial charge in [0.15, 0.2) is 6.61 Å². The molecule has 1 fully saturated rings. The fourth-order valence-electron chi connectivity index (χ4n) is 2.79. The van der Waals surface area contributed by atoms with Crippen LogP contribution < -0.4 is 20.2 Å². The van der Waals surface area contributed by atoms with Gasteiger partial charge in [0.05, 0.1) is 18.7 Å². The first-order valence-corrected chi connectivity index (χ1v) is 8.61. The van der Waals surface area contributed by atoms with Gasteiger partial charge in [0.25, 0.3) is 11.8 Å². The van der Waals surface area contributed by atoms with Crippen LogP contribution in [0, 0.1) is 11.3 Å². The summed E-state index contributed by atoms with van der Waals surface area (Å²) >= 11 is 0. The highest BCUT2D eigenvalue weighted by molar-refractivity contribution is 6.08. The quantitative estimate of drug-likeness (QED) is 0.716. The molecule has 2 N–H and O–H groups in total. The lowest BCUT2D eigenvalue weighted by Crippen LogP contribution is -2.49. The molecule has 9 heteroatoms. The topological polar surface area (TPSA) is 121 Å². The molecular formula is C20H18N4O5. The fourth-order valence-corrected chi connectivity index (χ4v) is 2.79. The van der Waals surface area contributed by atoms with E-state index in [-0.39, 0.29) is 0 Å². The molecule has 3 rings (SSSR count). The Labute approximate surface area is 166 Å². The number of nitrogens with one attached hydrogen (secondary N) is 2. The monoisotopic (exact) mass is 394 g/mol. The second-order valence-corrected chi connectivity index (χ2v) is 6.38. The Morgan fingerprint density at radius 1 is 1.14 bits per heavy atom. The molecule has 1 heterocycles. The summed E-state index contributed by atoms with van der Waals surface area (Å²) in [6, 6.07) is 14.1. The average molecular weight is 394 g/mol. The number of hydrogen-bond donors (Lipinski definition) is 2. The first-order chi connectivity index (χ1) is 13.9. The second-order valence-electron chi connectivity index (χ2n) is 6.38. The van der Waals surface area contributed by atoms with Crippen LogP contribution >= 0.6 is 0 Å². The van der Waals surface area contributed by atoms with Gasteiger partial charge in [-0.25, -0.2) is 4.79 Å². The number of nitrogens with zero attached hydrogens (tertiary/aromatic N) is 2. The van der Waals surface area contributed by atoms with Gasteiger partial charge in [-0.05, 0) is 48.9 Å². The molecule has 29 heavy (non-hydrogen) atoms. The predicted molar refractivity (Wildman–Crippen MR) is 101 cm³/mol. The maximum absolute atomic E-state index is 12.8. The Hall–Kier alpha value is -4.06. The van der Waals surface area contributed by atoms with Gasteiger partial charge in [-0.2, -0.15) is 10.3 Å². The fraction of sp³-hybridized carbons (Fsp3) is 0.200. The number of amides is 4. The summed E-state index contributed by atoms with van der Waals surface area (Å²) in [6.45, 7) is 1.14. The molecule has 2 aromatic carbocycles. The Balaban J connectivity index is 1.64. The van der Waals surface area contributed by atoms with Crippen molar-refractivity contribution in [2.75, 3.05) is 13.7 Å². The molecule has 0 aliphatic carbocycles. The van der Waals surface area contributed by atoms with Gasteiger partial charge in [0.1, 0.15) is 17.0 Å². The summed E-state index contributed by atoms with van der Waals surface area (Å²) in [7, 11) is 1.52. The van der Waals surface area contributed by atoms with Gasteiger partial charge in [-0.15, -0.1) is 0 Å². The molecule has 0 unspecified atom stereocenters. The Morgan fingerprint density at radius 2 is 1.76 bits per heavy atom. The number of methoxy groups -OCH3 is 1. The summed E-state index contributed by atoms with van der Waals surface area (Å²) in [5.41, 5.74) is 1.92. The zero-order chi connectivity index (χ0) is 21.0. The normalized spacial score (nSPS) is 18.0. The molecule has 0 radical (unpaired) electrons. The van der Waals surface area contributed by atoms with Crippen LogP contribution in [0.1, 0.15) is 18.1 Å². The van der Waals surface area contributed by atoms with Crippen molar-refractivity contribution in [1.82, 2.24) is 15.8 Å². The van der Waals surface area contributed by atoms with Gasteiger partial charge in [0, 0.05) is 0 Å². The van der Waals surface area contributed by atoms with Crippen molar-refractivity contribution >= 4 is 17.8 Å². The SMILES string of the molecule is COc1ccc([C@]2(C)NC(=O)N(NC(=O)COc3ccc(C#N)cc3)C2=O)cc1. The first-order valence-electron chi connectivity index (χ1n) is 8.61. The number of hydrogen-bond acceptors (Lipinski definition) is 6. The highest BCUT2D eigenvalue weighted by Crippen LogP contribution is 2.29. The molecular weight excluding hydrogens is 376 g/mol. The number of carbonyl (C=O) groups is 3. The summed E-state index contributed by atoms with van der Waals surface area (Å²) < 4.78 is 10.4. The predicted octanol–water partition coefficient (Wildman–Crippen LogP) is 1.44. The van der Waals surface area contributed by atoms with Crippen molar-refractivity contribution in [2.24, 2.45) is 0 Å². The Morgan fingerprint density at radius 3 is 2.34 bits per heavy atom. The minimum absolute atomic E-state index is 0.374. The minimum atomic E-state index is -1.33. The van der Waals surface area contributed by atoms with Crippen molar-refractivity contribution in [2.45, 2.75) is 12.5 Å². The minimum Gasteiger partial charge on any atom is -0.497 e. The van der Waals surface area contributed by atoms with Crippen molar-refractivity contribution in [1.29, 1.82) is 5.26 Å². The number of carbonyl (C=O) groups excluding carboxylic acids is 3. The molecule has 1 aliphatic rings. The van der Waals surface area contributed by atoms with E-state index in [1.807, 2.05) is 6.07 Å². The molecule has 2 aromatic rings. The van der Waals surface area contributed by atoms with Gasteiger partial charge in [-0.1, -0.05) is 12.1 Å². The van der Waals surface area contributed by atoms with Crippen LogP contribution in [0.2, 0.25) is 0 Å². The third-order valence-corrected chi connectivity index (χ3v) is 4.45. The smallest absolute Gasteiger partial charge is 0.344 e. The van der Waals surface area contributed by atoms with Crippen LogP contribution in [-0.4, -0.2) is 36.6 Å². The highest BCUT2D eigenvalue weighted by atomic mass is 16.5. The van der Waals surface area contributed by atoms with E-state index in [0.717, 1.165) is 0 Å². The van der Waals surface area contributed by atoms with Gasteiger partial charge >= 0.3 is 6.03 Å². The van der Waals surface area contributed by atoms with E-state index < -0.39 is 30.0 Å². The van der Waals surface area contributed by atoms with Gasteiger partial charge < -0.3 is 14.8 Å². The van der Waals surface area contributed by atoms with Crippen molar-refractivity contribution in [3.63, 3.8) is 0 Å². The Bertz CT molecular complexity index is 981. The van der Waals surface area contributed by atoms with E-state index in [0.29, 0.717) is 27.6 Å². The van der Waals surface area contributed by atoms with Crippen molar-refractivity contribution in [3.05, 3.63) is 59.7 Å². The lowest BCUT2D eigenvalue weighted by Gasteiger charge is -2.22. The molecule has 1 atom stereocenters. The van der Waals surface area contributed by atoms with Crippen LogP contribution in [0.4, 0.5) is 4.79 Å². The third kappa shape index (κ3) is 3.96. The highest BCUT2D eigenvalue weighted by Gasteiger charge is 2.50. The molecule has 0 aromatic heterocycles. The molecule has 1 aliphatic heterocycles. The number of benzene rings is 2. The molecule has 1 saturated heterocycles. The number of nitriles is 1. The Kier molecular flexibility index (Phi) is 5.36. The first kappa shape index (κ1) is 19.7. The van der Waals surface area contributed by atoms with Crippen LogP contribution in [0.3, 0.4) is 0 Å². The van der Waals surface area contributed by atoms with E-state index in [4.69, 9.17) is 14.7 Å². The number of urea groups is 1. The summed E-state index contributed by atoms with van der Waals surface area (Å²) in [5.74, 6) is -0.324. The summed E-state index contributed by atoms with van der Waals surface area (Å²) in [5, 5.41) is 12.0. The lowest BCUT2D eigenvalue weighted by molar-refractivity contribution is -0.139. The van der Waals surface area contributed by atoms with Gasteiger partial charge in [-0.3, -0.25) is 15.0 Å². The largest absolute Gasteiger partial charge is 0.497 e. The number of ether oxygens (including phenoxy) is 2. The second kappa shape index (κ2) is 7.90. The number of imide groups is 1. The maximum Gasteiger partial charge on any atom is 0.344 e. The zero-order valence-corrected chi connectivity index (χ0v) is 15.8. The standard InChI is InChI=1S/C20H18N4O5/c1-20(14-5-9-15(28-2)10-6-14)18(26)24(19(27)22-20)23-17(25)12-29-16-7-3-13(11-21)4-8-16/h3-10H,12H2,1-2H3,(H,22,27)(H,23,25)/t20-/m0/s1. The van der Waals surface area contributed by atoms with Gasteiger partial charge in [0.2, 0.25) is 0 Å². The number of rotatable bonds is 6. The number of hydrazine groups is 1. The molecule has 148 valence electrons. The summed E-state index contributed by atoms with van der Waals surface area (Å²) in [6.07, 6.45) is 0. The lowest BCUT2D eigenvalue weighted by atomic mass is 9.92. The van der Waals surface area contributed by atoms with Crippen molar-refractivity contribution in [3.8, 4) is 17.6 Å². The molecule has 0 bridgehead atoms. The van der Waals surface area contributed by atoms with Crippen LogP contribution in [0.15, 0.2) is 48.5 Å². The van der Waals surface area contributed by atoms with E-state index >= 15 is 0 Å². The van der Waals surface area contributed by atoms with Crippen molar-refractivity contribution < 1.29 is 23.9 Å². The molecule has 0 saturated carbocycles. The van der Waals surface area contributed by atoms with E-state index in [9.17, 15) is 14.4 Å². The zero-order valence-electron chi connectivity index (χ0n) is 15.8. The van der Waals surface area contributed by atoms with Crippen LogP contribution in [0.5, 0.6) is 11.5 Å². The average Bonchev–Trinajstić information content (AvgIpc) is 2.96. The van der Waals surface area contributed by atoms with E-state index in [2.05, 4.69) is 10.7 Å². The van der Waals surface area contributed by atoms with E-state index in [1.165, 1.54) is 7.11 Å². The summed E-state index contributed by atoms with van der Waals surface area (Å²) in [4.78, 5) is 37.2. The third-order valence-electron chi connectivity index (χ3n) is 4.45. The van der Waals surface area contributed by atoms with Crippen LogP contribution in [0.25, 0.3) is 0 Å².